The molecule has 0 radical (unpaired) electrons. The Labute approximate surface area is 227 Å². The first kappa shape index (κ1) is 29.2. The summed E-state index contributed by atoms with van der Waals surface area (Å²) in [7, 11) is 2.03. The lowest BCUT2D eigenvalue weighted by molar-refractivity contribution is -0.279. The van der Waals surface area contributed by atoms with E-state index in [1.807, 2.05) is 0 Å². The molecule has 0 saturated carbocycles. The summed E-state index contributed by atoms with van der Waals surface area (Å²) >= 11 is 6.11. The van der Waals surface area contributed by atoms with Crippen molar-refractivity contribution in [2.45, 2.75) is 17.8 Å². The zero-order chi connectivity index (χ0) is 29.4. The van der Waals surface area contributed by atoms with Crippen LogP contribution in [0.5, 0.6) is 5.75 Å². The highest BCUT2D eigenvalue weighted by molar-refractivity contribution is 6.31. The fourth-order valence-corrected chi connectivity index (χ4v) is 4.54. The van der Waals surface area contributed by atoms with Crippen molar-refractivity contribution >= 4 is 28.2 Å². The minimum Gasteiger partial charge on any atom is -0.494 e. The molecule has 2 unspecified atom stereocenters. The van der Waals surface area contributed by atoms with E-state index < -0.39 is 58.2 Å². The number of aliphatic hydroxyl groups is 1. The Bertz CT molecular complexity index is 1630. The van der Waals surface area contributed by atoms with Gasteiger partial charge in [-0.25, -0.2) is 13.8 Å². The van der Waals surface area contributed by atoms with Gasteiger partial charge in [-0.2, -0.15) is 17.6 Å². The zero-order valence-corrected chi connectivity index (χ0v) is 21.4. The molecule has 0 saturated heterocycles. The van der Waals surface area contributed by atoms with E-state index in [1.165, 1.54) is 18.2 Å². The molecule has 0 amide bonds. The average molecular weight is 588 g/mol. The fraction of sp³-hybridized carbons (Fsp3) is 0.231. The second kappa shape index (κ2) is 11.0. The number of halogens is 7. The normalized spacial score (nSPS) is 14.2. The number of hydrogen-bond donors (Lipinski definition) is 2. The Balaban J connectivity index is 2.00. The smallest absolute Gasteiger partial charge is 0.421 e. The molecule has 14 heteroatoms. The zero-order valence-electron chi connectivity index (χ0n) is 20.7. The molecule has 212 valence electrons. The first-order valence-electron chi connectivity index (χ1n) is 11.4. The molecule has 2 aromatic carbocycles. The van der Waals surface area contributed by atoms with Crippen LogP contribution in [0.15, 0.2) is 59.4 Å². The summed E-state index contributed by atoms with van der Waals surface area (Å²) in [6.07, 6.45) is -5.38. The second-order valence-electron chi connectivity index (χ2n) is 8.63. The lowest BCUT2D eigenvalue weighted by atomic mass is 9.87. The van der Waals surface area contributed by atoms with Crippen molar-refractivity contribution in [1.29, 1.82) is 0 Å². The van der Waals surface area contributed by atoms with Gasteiger partial charge in [0.1, 0.15) is 11.6 Å². The molecule has 2 atom stereocenters. The summed E-state index contributed by atoms with van der Waals surface area (Å²) in [6, 6.07) is 7.17. The van der Waals surface area contributed by atoms with E-state index in [-0.39, 0.29) is 28.2 Å². The highest BCUT2D eigenvalue weighted by Crippen LogP contribution is 2.46. The summed E-state index contributed by atoms with van der Waals surface area (Å²) in [5.74, 6) is -3.76. The average Bonchev–Trinajstić information content (AvgIpc) is 2.88. The van der Waals surface area contributed by atoms with Crippen LogP contribution in [-0.4, -0.2) is 47.3 Å². The number of alkyl halides is 3. The number of methoxy groups -OCH3 is 2. The number of nitrogens with one attached hydrogen (secondary N) is 1. The van der Waals surface area contributed by atoms with Crippen molar-refractivity contribution in [1.82, 2.24) is 9.55 Å². The number of hydrogen-bond acceptors (Lipinski definition) is 6. The van der Waals surface area contributed by atoms with Crippen LogP contribution in [0.3, 0.4) is 0 Å². The SMILES string of the molecule is COCC(O)(C(Nc1cc(F)cc2c1ccc(=O)n2-c1cccc(F)n1)c1ccc(OC)c(F)c1Cl)C(F)(F)F. The van der Waals surface area contributed by atoms with E-state index in [4.69, 9.17) is 16.3 Å². The first-order chi connectivity index (χ1) is 18.8. The number of pyridine rings is 2. The minimum atomic E-state index is -5.38. The van der Waals surface area contributed by atoms with Crippen molar-refractivity contribution in [2.24, 2.45) is 0 Å². The molecule has 0 aliphatic heterocycles. The second-order valence-corrected chi connectivity index (χ2v) is 9.01. The van der Waals surface area contributed by atoms with Crippen LogP contribution < -0.4 is 15.6 Å². The van der Waals surface area contributed by atoms with Crippen LogP contribution in [0.2, 0.25) is 5.02 Å². The molecule has 0 spiro atoms. The lowest BCUT2D eigenvalue weighted by Gasteiger charge is -2.39. The Morgan fingerprint density at radius 3 is 2.42 bits per heavy atom. The molecule has 0 aliphatic rings. The summed E-state index contributed by atoms with van der Waals surface area (Å²) in [5.41, 5.74) is -5.58. The largest absolute Gasteiger partial charge is 0.494 e. The Hall–Kier alpha value is -3.81. The summed E-state index contributed by atoms with van der Waals surface area (Å²) in [6.45, 7) is -1.33. The van der Waals surface area contributed by atoms with Gasteiger partial charge in [-0.3, -0.25) is 9.36 Å². The number of nitrogens with zero attached hydrogens (tertiary/aromatic N) is 2. The number of rotatable bonds is 8. The summed E-state index contributed by atoms with van der Waals surface area (Å²) in [5, 5.41) is 12.6. The van der Waals surface area contributed by atoms with E-state index in [0.717, 1.165) is 55.2 Å². The summed E-state index contributed by atoms with van der Waals surface area (Å²) < 4.78 is 97.1. The Morgan fingerprint density at radius 1 is 1.07 bits per heavy atom. The first-order valence-corrected chi connectivity index (χ1v) is 11.7. The van der Waals surface area contributed by atoms with Gasteiger partial charge in [0, 0.05) is 24.2 Å². The van der Waals surface area contributed by atoms with Crippen LogP contribution >= 0.6 is 11.6 Å². The lowest BCUT2D eigenvalue weighted by Crippen LogP contribution is -2.56. The molecular weight excluding hydrogens is 568 g/mol. The van der Waals surface area contributed by atoms with Crippen LogP contribution in [0, 0.1) is 17.6 Å². The van der Waals surface area contributed by atoms with Crippen LogP contribution in [0.1, 0.15) is 11.6 Å². The molecule has 2 N–H and O–H groups in total. The number of anilines is 1. The maximum Gasteiger partial charge on any atom is 0.421 e. The quantitative estimate of drug-likeness (QED) is 0.207. The van der Waals surface area contributed by atoms with Gasteiger partial charge in [0.15, 0.2) is 11.6 Å². The van der Waals surface area contributed by atoms with Crippen LogP contribution in [0.25, 0.3) is 16.7 Å². The minimum absolute atomic E-state index is 0.0240. The van der Waals surface area contributed by atoms with Crippen molar-refractivity contribution in [3.63, 3.8) is 0 Å². The third-order valence-electron chi connectivity index (χ3n) is 6.15. The Morgan fingerprint density at radius 2 is 1.80 bits per heavy atom. The molecule has 4 rings (SSSR count). The van der Waals surface area contributed by atoms with Gasteiger partial charge in [0.25, 0.3) is 5.56 Å². The van der Waals surface area contributed by atoms with Crippen molar-refractivity contribution in [3.8, 4) is 11.6 Å². The maximum absolute atomic E-state index is 14.9. The van der Waals surface area contributed by atoms with Gasteiger partial charge in [0.2, 0.25) is 11.5 Å². The molecule has 7 nitrogen and oxygen atoms in total. The van der Waals surface area contributed by atoms with E-state index in [0.29, 0.717) is 0 Å². The predicted molar refractivity (Wildman–Crippen MR) is 134 cm³/mol. The molecule has 4 aromatic rings. The van der Waals surface area contributed by atoms with Crippen LogP contribution in [-0.2, 0) is 4.74 Å². The predicted octanol–water partition coefficient (Wildman–Crippen LogP) is 5.56. The number of fused-ring (bicyclic) bond motifs is 1. The third kappa shape index (κ3) is 5.19. The number of ether oxygens (including phenoxy) is 2. The third-order valence-corrected chi connectivity index (χ3v) is 6.53. The van der Waals surface area contributed by atoms with Gasteiger partial charge in [-0.1, -0.05) is 23.7 Å². The van der Waals surface area contributed by atoms with Crippen molar-refractivity contribution in [2.75, 3.05) is 26.1 Å². The van der Waals surface area contributed by atoms with E-state index in [1.54, 1.807) is 0 Å². The molecular formula is C26H20ClF6N3O4. The maximum atomic E-state index is 14.9. The number of aromatic nitrogens is 2. The van der Waals surface area contributed by atoms with Gasteiger partial charge in [0.05, 0.1) is 30.3 Å². The Kier molecular flexibility index (Phi) is 8.01. The molecule has 2 heterocycles. The molecule has 0 bridgehead atoms. The number of benzene rings is 2. The van der Waals surface area contributed by atoms with Gasteiger partial charge >= 0.3 is 6.18 Å². The molecule has 2 aromatic heterocycles. The highest BCUT2D eigenvalue weighted by Gasteiger charge is 2.60. The van der Waals surface area contributed by atoms with E-state index in [9.17, 15) is 36.2 Å². The fourth-order valence-electron chi connectivity index (χ4n) is 4.28. The van der Waals surface area contributed by atoms with Crippen molar-refractivity contribution < 1.29 is 40.9 Å². The monoisotopic (exact) mass is 587 g/mol. The molecule has 0 fully saturated rings. The topological polar surface area (TPSA) is 85.6 Å². The standard InChI is InChI=1S/C26H20ClF6N3O4/c1-39-12-25(38,26(31,32)33)24(15-6-8-18(40-2)23(30)22(15)27)34-16-10-13(28)11-17-14(16)7-9-21(37)36(17)20-5-3-4-19(29)35-20/h3-11,24,34,38H,12H2,1-2H3. The van der Waals surface area contributed by atoms with Gasteiger partial charge in [-0.15, -0.1) is 0 Å². The van der Waals surface area contributed by atoms with Crippen molar-refractivity contribution in [3.05, 3.63) is 93.1 Å². The van der Waals surface area contributed by atoms with Crippen LogP contribution in [0.4, 0.5) is 32.0 Å². The van der Waals surface area contributed by atoms with E-state index in [2.05, 4.69) is 15.0 Å². The van der Waals surface area contributed by atoms with Gasteiger partial charge in [-0.05, 0) is 42.0 Å². The molecule has 40 heavy (non-hydrogen) atoms. The van der Waals surface area contributed by atoms with Gasteiger partial charge < -0.3 is 19.9 Å². The van der Waals surface area contributed by atoms with E-state index >= 15 is 0 Å². The molecule has 0 aliphatic carbocycles. The highest BCUT2D eigenvalue weighted by atomic mass is 35.5. The summed E-state index contributed by atoms with van der Waals surface area (Å²) in [4.78, 5) is 16.3.